The van der Waals surface area contributed by atoms with Crippen LogP contribution in [0.3, 0.4) is 0 Å². The molecule has 146 valence electrons. The summed E-state index contributed by atoms with van der Waals surface area (Å²) in [5.41, 5.74) is 2.85. The molecule has 3 rings (SSSR count). The molecule has 2 unspecified atom stereocenters. The van der Waals surface area contributed by atoms with Crippen molar-refractivity contribution in [1.82, 2.24) is 5.32 Å². The van der Waals surface area contributed by atoms with Gasteiger partial charge in [0.05, 0.1) is 12.7 Å². The standard InChI is InChI=1S/C24H33NO2/c1-4-23(2)19-24(15-17-27-23,21-10-12-22(26-3)13-11-21)14-16-25-18-20-8-6-5-7-9-20/h5-13,25H,4,14-19H2,1-3H3. The van der Waals surface area contributed by atoms with Crippen molar-refractivity contribution in [1.29, 1.82) is 0 Å². The quantitative estimate of drug-likeness (QED) is 0.659. The third-order valence-electron chi connectivity index (χ3n) is 6.15. The molecule has 2 atom stereocenters. The summed E-state index contributed by atoms with van der Waals surface area (Å²) >= 11 is 0. The molecule has 0 bridgehead atoms. The predicted molar refractivity (Wildman–Crippen MR) is 111 cm³/mol. The van der Waals surface area contributed by atoms with Crippen LogP contribution in [0.25, 0.3) is 0 Å². The van der Waals surface area contributed by atoms with Crippen LogP contribution >= 0.6 is 0 Å². The Hall–Kier alpha value is -1.84. The summed E-state index contributed by atoms with van der Waals surface area (Å²) in [7, 11) is 1.72. The molecule has 1 N–H and O–H groups in total. The van der Waals surface area contributed by atoms with Crippen LogP contribution in [0.15, 0.2) is 54.6 Å². The number of methoxy groups -OCH3 is 1. The Morgan fingerprint density at radius 1 is 1.07 bits per heavy atom. The minimum absolute atomic E-state index is 0.0440. The van der Waals surface area contributed by atoms with Gasteiger partial charge in [0, 0.05) is 18.6 Å². The Balaban J connectivity index is 1.73. The van der Waals surface area contributed by atoms with Gasteiger partial charge in [-0.2, -0.15) is 0 Å². The fraction of sp³-hybridized carbons (Fsp3) is 0.500. The van der Waals surface area contributed by atoms with Crippen LogP contribution in [-0.4, -0.2) is 25.9 Å². The van der Waals surface area contributed by atoms with E-state index in [9.17, 15) is 0 Å². The number of nitrogens with one attached hydrogen (secondary N) is 1. The summed E-state index contributed by atoms with van der Waals surface area (Å²) in [6.07, 6.45) is 4.30. The molecule has 2 aromatic rings. The van der Waals surface area contributed by atoms with Gasteiger partial charge in [0.25, 0.3) is 0 Å². The van der Waals surface area contributed by atoms with Gasteiger partial charge in [-0.1, -0.05) is 49.4 Å². The van der Waals surface area contributed by atoms with Gasteiger partial charge in [-0.15, -0.1) is 0 Å². The van der Waals surface area contributed by atoms with Gasteiger partial charge in [-0.05, 0) is 62.4 Å². The minimum atomic E-state index is -0.0440. The average molecular weight is 368 g/mol. The highest BCUT2D eigenvalue weighted by Gasteiger charge is 2.43. The van der Waals surface area contributed by atoms with Crippen LogP contribution in [0.1, 0.15) is 50.7 Å². The molecule has 1 heterocycles. The van der Waals surface area contributed by atoms with E-state index in [0.29, 0.717) is 0 Å². The van der Waals surface area contributed by atoms with E-state index in [1.807, 2.05) is 0 Å². The number of hydrogen-bond donors (Lipinski definition) is 1. The lowest BCUT2D eigenvalue weighted by molar-refractivity contribution is -0.0979. The maximum Gasteiger partial charge on any atom is 0.118 e. The molecule has 0 spiro atoms. The van der Waals surface area contributed by atoms with E-state index >= 15 is 0 Å². The first-order valence-electron chi connectivity index (χ1n) is 10.1. The summed E-state index contributed by atoms with van der Waals surface area (Å²) in [4.78, 5) is 0. The molecule has 0 aromatic heterocycles. The highest BCUT2D eigenvalue weighted by molar-refractivity contribution is 5.33. The third-order valence-corrected chi connectivity index (χ3v) is 6.15. The van der Waals surface area contributed by atoms with Crippen molar-refractivity contribution in [2.75, 3.05) is 20.3 Å². The molecule has 0 aliphatic carbocycles. The van der Waals surface area contributed by atoms with Crippen molar-refractivity contribution in [2.24, 2.45) is 0 Å². The maximum atomic E-state index is 6.17. The molecule has 1 fully saturated rings. The second kappa shape index (κ2) is 8.90. The van der Waals surface area contributed by atoms with Crippen molar-refractivity contribution in [3.63, 3.8) is 0 Å². The summed E-state index contributed by atoms with van der Waals surface area (Å²) in [5, 5.41) is 3.65. The van der Waals surface area contributed by atoms with E-state index in [0.717, 1.165) is 51.1 Å². The molecular formula is C24H33NO2. The van der Waals surface area contributed by atoms with E-state index in [2.05, 4.69) is 73.8 Å². The van der Waals surface area contributed by atoms with Crippen LogP contribution in [0.4, 0.5) is 0 Å². The summed E-state index contributed by atoms with van der Waals surface area (Å²) in [5.74, 6) is 0.918. The monoisotopic (exact) mass is 367 g/mol. The van der Waals surface area contributed by atoms with Gasteiger partial charge in [0.1, 0.15) is 5.75 Å². The van der Waals surface area contributed by atoms with Crippen LogP contribution in [0, 0.1) is 0 Å². The fourth-order valence-electron chi connectivity index (χ4n) is 4.28. The van der Waals surface area contributed by atoms with E-state index in [1.165, 1.54) is 11.1 Å². The summed E-state index contributed by atoms with van der Waals surface area (Å²) in [6, 6.07) is 19.3. The molecule has 3 nitrogen and oxygen atoms in total. The Kier molecular flexibility index (Phi) is 6.56. The van der Waals surface area contributed by atoms with E-state index in [1.54, 1.807) is 7.11 Å². The first kappa shape index (κ1) is 19.9. The molecule has 0 radical (unpaired) electrons. The highest BCUT2D eigenvalue weighted by Crippen LogP contribution is 2.45. The lowest BCUT2D eigenvalue weighted by atomic mass is 9.66. The largest absolute Gasteiger partial charge is 0.497 e. The Morgan fingerprint density at radius 3 is 2.48 bits per heavy atom. The Labute approximate surface area is 164 Å². The Morgan fingerprint density at radius 2 is 1.81 bits per heavy atom. The van der Waals surface area contributed by atoms with Gasteiger partial charge in [-0.3, -0.25) is 0 Å². The molecule has 27 heavy (non-hydrogen) atoms. The normalized spacial score (nSPS) is 25.3. The lowest BCUT2D eigenvalue weighted by Crippen LogP contribution is -2.46. The Bertz CT molecular complexity index is 700. The van der Waals surface area contributed by atoms with Crippen LogP contribution in [-0.2, 0) is 16.7 Å². The molecule has 1 aliphatic rings. The van der Waals surface area contributed by atoms with E-state index in [-0.39, 0.29) is 11.0 Å². The van der Waals surface area contributed by atoms with Gasteiger partial charge >= 0.3 is 0 Å². The second-order valence-electron chi connectivity index (χ2n) is 8.00. The molecule has 1 aliphatic heterocycles. The van der Waals surface area contributed by atoms with Gasteiger partial charge in [0.15, 0.2) is 0 Å². The minimum Gasteiger partial charge on any atom is -0.497 e. The zero-order chi connectivity index (χ0) is 19.2. The van der Waals surface area contributed by atoms with Gasteiger partial charge < -0.3 is 14.8 Å². The maximum absolute atomic E-state index is 6.17. The molecular weight excluding hydrogens is 334 g/mol. The van der Waals surface area contributed by atoms with E-state index < -0.39 is 0 Å². The van der Waals surface area contributed by atoms with E-state index in [4.69, 9.17) is 9.47 Å². The molecule has 2 aromatic carbocycles. The molecule has 1 saturated heterocycles. The first-order valence-corrected chi connectivity index (χ1v) is 10.1. The third kappa shape index (κ3) is 4.91. The average Bonchev–Trinajstić information content (AvgIpc) is 2.72. The number of rotatable bonds is 8. The molecule has 0 amide bonds. The number of benzene rings is 2. The SMILES string of the molecule is CCC1(C)CC(CCNCc2ccccc2)(c2ccc(OC)cc2)CCO1. The number of ether oxygens (including phenoxy) is 2. The summed E-state index contributed by atoms with van der Waals surface area (Å²) < 4.78 is 11.5. The van der Waals surface area contributed by atoms with Crippen molar-refractivity contribution < 1.29 is 9.47 Å². The topological polar surface area (TPSA) is 30.5 Å². The number of hydrogen-bond acceptors (Lipinski definition) is 3. The smallest absolute Gasteiger partial charge is 0.118 e. The fourth-order valence-corrected chi connectivity index (χ4v) is 4.28. The van der Waals surface area contributed by atoms with Crippen molar-refractivity contribution >= 4 is 0 Å². The zero-order valence-corrected chi connectivity index (χ0v) is 17.0. The lowest BCUT2D eigenvalue weighted by Gasteiger charge is -2.47. The van der Waals surface area contributed by atoms with Crippen LogP contribution in [0.5, 0.6) is 5.75 Å². The molecule has 0 saturated carbocycles. The molecule has 3 heteroatoms. The van der Waals surface area contributed by atoms with Gasteiger partial charge in [0.2, 0.25) is 0 Å². The second-order valence-corrected chi connectivity index (χ2v) is 8.00. The van der Waals surface area contributed by atoms with Crippen LogP contribution in [0.2, 0.25) is 0 Å². The van der Waals surface area contributed by atoms with Crippen LogP contribution < -0.4 is 10.1 Å². The summed E-state index contributed by atoms with van der Waals surface area (Å²) in [6.45, 7) is 7.25. The van der Waals surface area contributed by atoms with Gasteiger partial charge in [-0.25, -0.2) is 0 Å². The van der Waals surface area contributed by atoms with Crippen molar-refractivity contribution in [3.05, 3.63) is 65.7 Å². The highest BCUT2D eigenvalue weighted by atomic mass is 16.5. The zero-order valence-electron chi connectivity index (χ0n) is 17.0. The predicted octanol–water partition coefficient (Wildman–Crippen LogP) is 5.09. The first-order chi connectivity index (χ1) is 13.1. The van der Waals surface area contributed by atoms with Crippen molar-refractivity contribution in [3.8, 4) is 5.75 Å². The van der Waals surface area contributed by atoms with Crippen molar-refractivity contribution in [2.45, 2.75) is 57.1 Å².